The molecular formula is C13H19ClN2O2. The van der Waals surface area contributed by atoms with E-state index in [9.17, 15) is 4.79 Å². The van der Waals surface area contributed by atoms with E-state index in [1.807, 2.05) is 18.2 Å². The van der Waals surface area contributed by atoms with Gasteiger partial charge in [-0.1, -0.05) is 30.3 Å². The summed E-state index contributed by atoms with van der Waals surface area (Å²) in [5.41, 5.74) is 7.20. The third kappa shape index (κ3) is 3.45. The monoisotopic (exact) mass is 270 g/mol. The van der Waals surface area contributed by atoms with Crippen LogP contribution < -0.4 is 5.73 Å². The first-order valence-corrected chi connectivity index (χ1v) is 5.80. The maximum Gasteiger partial charge on any atom is 0.311 e. The minimum absolute atomic E-state index is 0. The Balaban J connectivity index is 0.00000162. The van der Waals surface area contributed by atoms with E-state index in [1.54, 1.807) is 0 Å². The summed E-state index contributed by atoms with van der Waals surface area (Å²) >= 11 is 0. The summed E-state index contributed by atoms with van der Waals surface area (Å²) in [5, 5.41) is 0. The van der Waals surface area contributed by atoms with Gasteiger partial charge in [0, 0.05) is 25.7 Å². The van der Waals surface area contributed by atoms with Gasteiger partial charge < -0.3 is 10.5 Å². The Hall–Kier alpha value is -1.10. The van der Waals surface area contributed by atoms with E-state index in [0.29, 0.717) is 6.54 Å². The molecule has 0 aliphatic carbocycles. The normalized spacial score (nSPS) is 23.4. The van der Waals surface area contributed by atoms with Gasteiger partial charge in [-0.15, -0.1) is 12.4 Å². The van der Waals surface area contributed by atoms with Crippen LogP contribution in [0.25, 0.3) is 0 Å². The SMILES string of the molecule is COC(=O)C1CN(Cc2ccccc2)CC1N.Cl. The molecule has 1 aromatic carbocycles. The molecule has 1 aromatic rings. The second-order valence-corrected chi connectivity index (χ2v) is 4.47. The summed E-state index contributed by atoms with van der Waals surface area (Å²) in [5.74, 6) is -0.392. The van der Waals surface area contributed by atoms with Crippen molar-refractivity contribution < 1.29 is 9.53 Å². The number of hydrogen-bond acceptors (Lipinski definition) is 4. The van der Waals surface area contributed by atoms with Gasteiger partial charge in [0.05, 0.1) is 13.0 Å². The van der Waals surface area contributed by atoms with Crippen molar-refractivity contribution >= 4 is 18.4 Å². The Morgan fingerprint density at radius 1 is 1.39 bits per heavy atom. The van der Waals surface area contributed by atoms with Gasteiger partial charge in [-0.2, -0.15) is 0 Å². The van der Waals surface area contributed by atoms with Crippen molar-refractivity contribution in [3.05, 3.63) is 35.9 Å². The lowest BCUT2D eigenvalue weighted by molar-refractivity contribution is -0.145. The minimum Gasteiger partial charge on any atom is -0.469 e. The molecule has 0 amide bonds. The number of rotatable bonds is 3. The molecule has 4 nitrogen and oxygen atoms in total. The van der Waals surface area contributed by atoms with E-state index < -0.39 is 0 Å². The van der Waals surface area contributed by atoms with Gasteiger partial charge >= 0.3 is 5.97 Å². The number of methoxy groups -OCH3 is 1. The zero-order valence-corrected chi connectivity index (χ0v) is 11.2. The summed E-state index contributed by atoms with van der Waals surface area (Å²) in [6, 6.07) is 10.1. The summed E-state index contributed by atoms with van der Waals surface area (Å²) in [4.78, 5) is 13.7. The Morgan fingerprint density at radius 2 is 2.06 bits per heavy atom. The molecule has 1 heterocycles. The molecule has 1 saturated heterocycles. The van der Waals surface area contributed by atoms with Gasteiger partial charge in [0.25, 0.3) is 0 Å². The maximum atomic E-state index is 11.5. The number of halogens is 1. The van der Waals surface area contributed by atoms with Gasteiger partial charge in [0.15, 0.2) is 0 Å². The predicted molar refractivity (Wildman–Crippen MR) is 72.4 cm³/mol. The highest BCUT2D eigenvalue weighted by molar-refractivity contribution is 5.85. The van der Waals surface area contributed by atoms with E-state index in [1.165, 1.54) is 12.7 Å². The molecule has 1 aliphatic rings. The van der Waals surface area contributed by atoms with Gasteiger partial charge in [-0.05, 0) is 5.56 Å². The molecule has 1 fully saturated rings. The molecule has 5 heteroatoms. The van der Waals surface area contributed by atoms with E-state index in [-0.39, 0.29) is 30.3 Å². The second-order valence-electron chi connectivity index (χ2n) is 4.47. The number of likely N-dealkylation sites (tertiary alicyclic amines) is 1. The molecule has 2 atom stereocenters. The zero-order valence-electron chi connectivity index (χ0n) is 10.4. The van der Waals surface area contributed by atoms with Gasteiger partial charge in [-0.25, -0.2) is 0 Å². The molecule has 0 aromatic heterocycles. The highest BCUT2D eigenvalue weighted by Crippen LogP contribution is 2.19. The minimum atomic E-state index is -0.201. The molecular weight excluding hydrogens is 252 g/mol. The maximum absolute atomic E-state index is 11.5. The van der Waals surface area contributed by atoms with Crippen molar-refractivity contribution in [1.82, 2.24) is 4.90 Å². The van der Waals surface area contributed by atoms with Crippen LogP contribution in [0, 0.1) is 5.92 Å². The Morgan fingerprint density at radius 3 is 2.67 bits per heavy atom. The fourth-order valence-corrected chi connectivity index (χ4v) is 2.28. The lowest BCUT2D eigenvalue weighted by Crippen LogP contribution is -2.34. The molecule has 100 valence electrons. The van der Waals surface area contributed by atoms with Crippen molar-refractivity contribution in [2.24, 2.45) is 11.7 Å². The third-order valence-corrected chi connectivity index (χ3v) is 3.19. The Labute approximate surface area is 114 Å². The summed E-state index contributed by atoms with van der Waals surface area (Å²) in [7, 11) is 1.41. The van der Waals surface area contributed by atoms with Gasteiger partial charge in [0.2, 0.25) is 0 Å². The van der Waals surface area contributed by atoms with E-state index in [4.69, 9.17) is 10.5 Å². The lowest BCUT2D eigenvalue weighted by atomic mass is 10.1. The average Bonchev–Trinajstić information content (AvgIpc) is 2.70. The van der Waals surface area contributed by atoms with Crippen molar-refractivity contribution in [3.63, 3.8) is 0 Å². The number of nitrogens with zero attached hydrogens (tertiary/aromatic N) is 1. The van der Waals surface area contributed by atoms with Crippen molar-refractivity contribution in [2.75, 3.05) is 20.2 Å². The number of esters is 1. The number of benzene rings is 1. The van der Waals surface area contributed by atoms with Crippen LogP contribution in [-0.2, 0) is 16.1 Å². The van der Waals surface area contributed by atoms with Crippen molar-refractivity contribution in [3.8, 4) is 0 Å². The quantitative estimate of drug-likeness (QED) is 0.834. The molecule has 1 aliphatic heterocycles. The van der Waals surface area contributed by atoms with E-state index in [0.717, 1.165) is 13.1 Å². The average molecular weight is 271 g/mol. The molecule has 0 bridgehead atoms. The number of hydrogen-bond donors (Lipinski definition) is 1. The van der Waals surface area contributed by atoms with E-state index >= 15 is 0 Å². The molecule has 0 saturated carbocycles. The van der Waals surface area contributed by atoms with Crippen molar-refractivity contribution in [2.45, 2.75) is 12.6 Å². The first-order valence-electron chi connectivity index (χ1n) is 5.80. The topological polar surface area (TPSA) is 55.6 Å². The van der Waals surface area contributed by atoms with Gasteiger partial charge in [0.1, 0.15) is 0 Å². The molecule has 0 spiro atoms. The van der Waals surface area contributed by atoms with Crippen LogP contribution in [0.15, 0.2) is 30.3 Å². The Kier molecular flexibility index (Phi) is 5.59. The van der Waals surface area contributed by atoms with Crippen molar-refractivity contribution in [1.29, 1.82) is 0 Å². The lowest BCUT2D eigenvalue weighted by Gasteiger charge is -2.14. The predicted octanol–water partition coefficient (Wildman–Crippen LogP) is 1.04. The molecule has 2 N–H and O–H groups in total. The van der Waals surface area contributed by atoms with Crippen LogP contribution in [0.2, 0.25) is 0 Å². The van der Waals surface area contributed by atoms with Crippen LogP contribution in [0.1, 0.15) is 5.56 Å². The summed E-state index contributed by atoms with van der Waals surface area (Å²) < 4.78 is 4.76. The fraction of sp³-hybridized carbons (Fsp3) is 0.462. The van der Waals surface area contributed by atoms with Crippen LogP contribution >= 0.6 is 12.4 Å². The molecule has 2 unspecified atom stereocenters. The summed E-state index contributed by atoms with van der Waals surface area (Å²) in [6.45, 7) is 2.26. The van der Waals surface area contributed by atoms with E-state index in [2.05, 4.69) is 17.0 Å². The Bertz CT molecular complexity index is 386. The second kappa shape index (κ2) is 6.73. The van der Waals surface area contributed by atoms with Crippen LogP contribution in [0.4, 0.5) is 0 Å². The largest absolute Gasteiger partial charge is 0.469 e. The smallest absolute Gasteiger partial charge is 0.311 e. The number of nitrogens with two attached hydrogens (primary N) is 1. The standard InChI is InChI=1S/C13H18N2O2.ClH/c1-17-13(16)11-8-15(9-12(11)14)7-10-5-3-2-4-6-10;/h2-6,11-12H,7-9,14H2,1H3;1H. The van der Waals surface area contributed by atoms with Crippen LogP contribution in [0.3, 0.4) is 0 Å². The number of carbonyl (C=O) groups is 1. The highest BCUT2D eigenvalue weighted by Gasteiger charge is 2.35. The number of ether oxygens (including phenoxy) is 1. The molecule has 0 radical (unpaired) electrons. The first kappa shape index (κ1) is 15.0. The zero-order chi connectivity index (χ0) is 12.3. The van der Waals surface area contributed by atoms with Gasteiger partial charge in [-0.3, -0.25) is 9.69 Å². The summed E-state index contributed by atoms with van der Waals surface area (Å²) in [6.07, 6.45) is 0. The number of carbonyl (C=O) groups excluding carboxylic acids is 1. The van der Waals surface area contributed by atoms with Crippen LogP contribution in [0.5, 0.6) is 0 Å². The highest BCUT2D eigenvalue weighted by atomic mass is 35.5. The molecule has 18 heavy (non-hydrogen) atoms. The van der Waals surface area contributed by atoms with Crippen LogP contribution in [-0.4, -0.2) is 37.1 Å². The first-order chi connectivity index (χ1) is 8.20. The molecule has 2 rings (SSSR count). The fourth-order valence-electron chi connectivity index (χ4n) is 2.28. The third-order valence-electron chi connectivity index (χ3n) is 3.19.